The molecule has 1 heterocycles. The molecule has 1 aliphatic heterocycles. The highest BCUT2D eigenvalue weighted by Gasteiger charge is 2.35. The van der Waals surface area contributed by atoms with Crippen molar-refractivity contribution in [1.82, 2.24) is 10.6 Å². The van der Waals surface area contributed by atoms with E-state index < -0.39 is 5.92 Å². The van der Waals surface area contributed by atoms with Gasteiger partial charge in [0, 0.05) is 5.70 Å². The zero-order chi connectivity index (χ0) is 15.9. The molecule has 22 heavy (non-hydrogen) atoms. The number of ether oxygens (including phenoxy) is 1. The molecule has 0 bridgehead atoms. The lowest BCUT2D eigenvalue weighted by atomic mass is 9.94. The third kappa shape index (κ3) is 4.05. The largest absolute Gasteiger partial charge is 0.461 e. The number of nitrogens with one attached hydrogen (secondary N) is 2. The Morgan fingerprint density at radius 3 is 2.77 bits per heavy atom. The van der Waals surface area contributed by atoms with Gasteiger partial charge in [0.05, 0.1) is 6.04 Å². The van der Waals surface area contributed by atoms with Crippen molar-refractivity contribution < 1.29 is 9.53 Å². The zero-order valence-corrected chi connectivity index (χ0v) is 12.9. The van der Waals surface area contributed by atoms with E-state index in [1.54, 1.807) is 0 Å². The van der Waals surface area contributed by atoms with Gasteiger partial charge in [-0.05, 0) is 17.8 Å². The third-order valence-electron chi connectivity index (χ3n) is 3.20. The summed E-state index contributed by atoms with van der Waals surface area (Å²) in [5.74, 6) is -0.915. The van der Waals surface area contributed by atoms with E-state index in [1.807, 2.05) is 42.5 Å². The molecule has 4 nitrogen and oxygen atoms in total. The molecule has 2 atom stereocenters. The first kappa shape index (κ1) is 16.0. The van der Waals surface area contributed by atoms with Gasteiger partial charge in [0.25, 0.3) is 0 Å². The van der Waals surface area contributed by atoms with E-state index in [0.717, 1.165) is 5.56 Å². The Balaban J connectivity index is 2.17. The fourth-order valence-electron chi connectivity index (χ4n) is 2.17. The number of thiocarbonyl (C=S) groups is 1. The SMILES string of the molecule is C=CCOC(=O)[C@H]1C(=C)NC(=S)N[C@@H]1/C=C/c1ccccc1. The number of hydrogen-bond donors (Lipinski definition) is 2. The van der Waals surface area contributed by atoms with Crippen molar-refractivity contribution >= 4 is 29.4 Å². The van der Waals surface area contributed by atoms with Gasteiger partial charge in [0.1, 0.15) is 12.5 Å². The van der Waals surface area contributed by atoms with Gasteiger partial charge in [-0.25, -0.2) is 0 Å². The highest BCUT2D eigenvalue weighted by Crippen LogP contribution is 2.20. The Bertz CT molecular complexity index is 610. The molecule has 5 heteroatoms. The minimum atomic E-state index is -0.549. The van der Waals surface area contributed by atoms with Crippen molar-refractivity contribution in [3.8, 4) is 0 Å². The minimum absolute atomic E-state index is 0.169. The lowest BCUT2D eigenvalue weighted by molar-refractivity contribution is -0.146. The van der Waals surface area contributed by atoms with Crippen molar-refractivity contribution in [2.24, 2.45) is 5.92 Å². The first-order valence-corrected chi connectivity index (χ1v) is 7.29. The number of carbonyl (C=O) groups is 1. The molecule has 1 aliphatic rings. The minimum Gasteiger partial charge on any atom is -0.461 e. The van der Waals surface area contributed by atoms with Gasteiger partial charge >= 0.3 is 5.97 Å². The summed E-state index contributed by atoms with van der Waals surface area (Å²) < 4.78 is 5.14. The van der Waals surface area contributed by atoms with E-state index in [1.165, 1.54) is 6.08 Å². The summed E-state index contributed by atoms with van der Waals surface area (Å²) in [6.07, 6.45) is 5.37. The van der Waals surface area contributed by atoms with Crippen LogP contribution in [0.1, 0.15) is 5.56 Å². The normalized spacial score (nSPS) is 21.1. The fourth-order valence-corrected chi connectivity index (χ4v) is 2.44. The lowest BCUT2D eigenvalue weighted by Crippen LogP contribution is -2.54. The summed E-state index contributed by atoms with van der Waals surface area (Å²) in [5, 5.41) is 6.40. The lowest BCUT2D eigenvalue weighted by Gasteiger charge is -2.32. The Morgan fingerprint density at radius 1 is 1.36 bits per heavy atom. The fraction of sp³-hybridized carbons (Fsp3) is 0.176. The smallest absolute Gasteiger partial charge is 0.317 e. The molecule has 0 amide bonds. The highest BCUT2D eigenvalue weighted by atomic mass is 32.1. The number of benzene rings is 1. The van der Waals surface area contributed by atoms with E-state index in [9.17, 15) is 4.79 Å². The molecule has 0 spiro atoms. The summed E-state index contributed by atoms with van der Waals surface area (Å²) in [7, 11) is 0. The van der Waals surface area contributed by atoms with E-state index in [0.29, 0.717) is 10.8 Å². The highest BCUT2D eigenvalue weighted by molar-refractivity contribution is 7.80. The standard InChI is InChI=1S/C17H18N2O2S/c1-3-11-21-16(20)15-12(2)18-17(22)19-14(15)10-9-13-7-5-4-6-8-13/h3-10,14-15H,1-2,11H2,(H2,18,19,22)/b10-9+/t14-,15+/m1/s1. The Morgan fingerprint density at radius 2 is 2.09 bits per heavy atom. The molecule has 0 aromatic heterocycles. The van der Waals surface area contributed by atoms with Crippen LogP contribution in [0.15, 0.2) is 61.3 Å². The molecule has 1 fully saturated rings. The van der Waals surface area contributed by atoms with Crippen molar-refractivity contribution in [3.63, 3.8) is 0 Å². The summed E-state index contributed by atoms with van der Waals surface area (Å²) in [6.45, 7) is 7.59. The molecule has 0 radical (unpaired) electrons. The maximum Gasteiger partial charge on any atom is 0.317 e. The van der Waals surface area contributed by atoms with Crippen LogP contribution < -0.4 is 10.6 Å². The van der Waals surface area contributed by atoms with Crippen molar-refractivity contribution in [1.29, 1.82) is 0 Å². The van der Waals surface area contributed by atoms with E-state index in [2.05, 4.69) is 23.8 Å². The van der Waals surface area contributed by atoms with Crippen molar-refractivity contribution in [2.45, 2.75) is 6.04 Å². The van der Waals surface area contributed by atoms with Crippen LogP contribution in [0.5, 0.6) is 0 Å². The molecule has 1 aromatic rings. The average molecular weight is 314 g/mol. The van der Waals surface area contributed by atoms with Gasteiger partial charge in [0.15, 0.2) is 5.11 Å². The molecule has 2 N–H and O–H groups in total. The summed E-state index contributed by atoms with van der Waals surface area (Å²) >= 11 is 5.13. The first-order valence-electron chi connectivity index (χ1n) is 6.89. The van der Waals surface area contributed by atoms with Crippen LogP contribution in [0.2, 0.25) is 0 Å². The number of rotatable bonds is 5. The second kappa shape index (κ2) is 7.56. The van der Waals surface area contributed by atoms with Gasteiger partial charge in [0.2, 0.25) is 0 Å². The summed E-state index contributed by atoms with van der Waals surface area (Å²) in [6, 6.07) is 9.51. The molecular formula is C17H18N2O2S. The van der Waals surface area contributed by atoms with Crippen LogP contribution >= 0.6 is 12.2 Å². The predicted molar refractivity (Wildman–Crippen MR) is 91.9 cm³/mol. The van der Waals surface area contributed by atoms with Crippen LogP contribution in [0, 0.1) is 5.92 Å². The van der Waals surface area contributed by atoms with Crippen LogP contribution in [-0.4, -0.2) is 23.7 Å². The summed E-state index contributed by atoms with van der Waals surface area (Å²) in [5.41, 5.74) is 1.57. The van der Waals surface area contributed by atoms with E-state index in [4.69, 9.17) is 17.0 Å². The maximum absolute atomic E-state index is 12.2. The molecule has 1 saturated heterocycles. The van der Waals surface area contributed by atoms with Crippen molar-refractivity contribution in [3.05, 3.63) is 66.9 Å². The van der Waals surface area contributed by atoms with E-state index in [-0.39, 0.29) is 18.6 Å². The summed E-state index contributed by atoms with van der Waals surface area (Å²) in [4.78, 5) is 12.2. The molecule has 0 aliphatic carbocycles. The molecule has 2 rings (SSSR count). The van der Waals surface area contributed by atoms with Gasteiger partial charge < -0.3 is 15.4 Å². The number of carbonyl (C=O) groups excluding carboxylic acids is 1. The topological polar surface area (TPSA) is 50.4 Å². The van der Waals surface area contributed by atoms with Crippen LogP contribution in [0.3, 0.4) is 0 Å². The zero-order valence-electron chi connectivity index (χ0n) is 12.1. The van der Waals surface area contributed by atoms with Crippen LogP contribution in [0.25, 0.3) is 6.08 Å². The monoisotopic (exact) mass is 314 g/mol. The van der Waals surface area contributed by atoms with Gasteiger partial charge in [-0.3, -0.25) is 4.79 Å². The van der Waals surface area contributed by atoms with Crippen LogP contribution in [-0.2, 0) is 9.53 Å². The average Bonchev–Trinajstić information content (AvgIpc) is 2.51. The second-order valence-corrected chi connectivity index (χ2v) is 5.22. The second-order valence-electron chi connectivity index (χ2n) is 4.82. The Labute approximate surface area is 135 Å². The molecule has 0 unspecified atom stereocenters. The van der Waals surface area contributed by atoms with E-state index >= 15 is 0 Å². The predicted octanol–water partition coefficient (Wildman–Crippen LogP) is 2.41. The Hall–Kier alpha value is -2.40. The van der Waals surface area contributed by atoms with Gasteiger partial charge in [-0.15, -0.1) is 0 Å². The molecule has 0 saturated carbocycles. The number of hydrogen-bond acceptors (Lipinski definition) is 3. The quantitative estimate of drug-likeness (QED) is 0.496. The molecule has 114 valence electrons. The number of esters is 1. The van der Waals surface area contributed by atoms with Gasteiger partial charge in [-0.1, -0.05) is 61.7 Å². The van der Waals surface area contributed by atoms with Gasteiger partial charge in [-0.2, -0.15) is 0 Å². The molecular weight excluding hydrogens is 296 g/mol. The Kier molecular flexibility index (Phi) is 5.49. The molecule has 1 aromatic carbocycles. The maximum atomic E-state index is 12.2. The third-order valence-corrected chi connectivity index (χ3v) is 3.42. The van der Waals surface area contributed by atoms with Crippen LogP contribution in [0.4, 0.5) is 0 Å². The first-order chi connectivity index (χ1) is 10.6. The van der Waals surface area contributed by atoms with Crippen molar-refractivity contribution in [2.75, 3.05) is 6.61 Å².